The second-order valence-corrected chi connectivity index (χ2v) is 4.84. The molecule has 6 nitrogen and oxygen atoms in total. The summed E-state index contributed by atoms with van der Waals surface area (Å²) in [6.45, 7) is 1.83. The van der Waals surface area contributed by atoms with Gasteiger partial charge < -0.3 is 10.4 Å². The van der Waals surface area contributed by atoms with Crippen LogP contribution < -0.4 is 5.32 Å². The fourth-order valence-corrected chi connectivity index (χ4v) is 2.02. The van der Waals surface area contributed by atoms with Gasteiger partial charge in [0, 0.05) is 19.2 Å². The fraction of sp³-hybridized carbons (Fsp3) is 0.267. The molecule has 0 fully saturated rings. The molecule has 6 heteroatoms. The van der Waals surface area contributed by atoms with E-state index in [1.807, 2.05) is 19.1 Å². The number of carbonyl (C=O) groups is 2. The molecule has 0 aliphatic rings. The molecule has 1 amide bonds. The Morgan fingerprint density at radius 1 is 1.29 bits per heavy atom. The molecule has 0 aliphatic heterocycles. The molecule has 0 unspecified atom stereocenters. The third-order valence-corrected chi connectivity index (χ3v) is 3.07. The average molecular weight is 287 g/mol. The van der Waals surface area contributed by atoms with E-state index in [-0.39, 0.29) is 12.3 Å². The minimum Gasteiger partial charge on any atom is -0.481 e. The predicted octanol–water partition coefficient (Wildman–Crippen LogP) is 2.00. The number of anilines is 1. The van der Waals surface area contributed by atoms with E-state index in [1.165, 1.54) is 4.68 Å². The van der Waals surface area contributed by atoms with Crippen LogP contribution in [0.1, 0.15) is 28.2 Å². The molecule has 2 N–H and O–H groups in total. The number of benzene rings is 1. The first-order valence-electron chi connectivity index (χ1n) is 6.58. The summed E-state index contributed by atoms with van der Waals surface area (Å²) in [7, 11) is 1.72. The largest absolute Gasteiger partial charge is 0.481 e. The molecule has 0 spiro atoms. The van der Waals surface area contributed by atoms with Crippen LogP contribution in [0.3, 0.4) is 0 Å². The van der Waals surface area contributed by atoms with E-state index < -0.39 is 5.97 Å². The molecule has 2 rings (SSSR count). The number of aryl methyl sites for hydroxylation is 3. The molecule has 0 bridgehead atoms. The Kier molecular flexibility index (Phi) is 4.37. The molecule has 2 aromatic rings. The third kappa shape index (κ3) is 3.92. The van der Waals surface area contributed by atoms with Crippen molar-refractivity contribution in [1.29, 1.82) is 0 Å². The van der Waals surface area contributed by atoms with Crippen LogP contribution in [0, 0.1) is 6.92 Å². The van der Waals surface area contributed by atoms with Crippen molar-refractivity contribution in [3.05, 3.63) is 47.3 Å². The number of rotatable bonds is 5. The minimum absolute atomic E-state index is 0.0972. The first kappa shape index (κ1) is 14.8. The van der Waals surface area contributed by atoms with Crippen molar-refractivity contribution < 1.29 is 14.7 Å². The van der Waals surface area contributed by atoms with Crippen molar-refractivity contribution >= 4 is 17.6 Å². The molecule has 0 saturated heterocycles. The van der Waals surface area contributed by atoms with Crippen molar-refractivity contribution in [3.8, 4) is 0 Å². The summed E-state index contributed by atoms with van der Waals surface area (Å²) in [5, 5.41) is 15.6. The van der Waals surface area contributed by atoms with Gasteiger partial charge in [-0.3, -0.25) is 14.3 Å². The van der Waals surface area contributed by atoms with Crippen molar-refractivity contribution in [1.82, 2.24) is 9.78 Å². The Morgan fingerprint density at radius 3 is 2.48 bits per heavy atom. The molecular weight excluding hydrogens is 270 g/mol. The molecule has 1 aromatic carbocycles. The van der Waals surface area contributed by atoms with Crippen LogP contribution >= 0.6 is 0 Å². The predicted molar refractivity (Wildman–Crippen MR) is 78.3 cm³/mol. The van der Waals surface area contributed by atoms with Crippen LogP contribution in [-0.4, -0.2) is 26.8 Å². The molecule has 0 saturated carbocycles. The second kappa shape index (κ2) is 6.21. The molecule has 0 radical (unpaired) electrons. The first-order valence-corrected chi connectivity index (χ1v) is 6.58. The Balaban J connectivity index is 2.01. The minimum atomic E-state index is -0.820. The molecule has 21 heavy (non-hydrogen) atoms. The fourth-order valence-electron chi connectivity index (χ4n) is 2.02. The maximum absolute atomic E-state index is 12.1. The molecule has 0 atom stereocenters. The standard InChI is InChI=1S/C15H17N3O3/c1-10-9-13(18(2)17-10)15(21)16-12-6-3-11(4-7-12)5-8-14(19)20/h3-4,6-7,9H,5,8H2,1-2H3,(H,16,21)(H,19,20). The van der Waals surface area contributed by atoms with Gasteiger partial charge in [-0.25, -0.2) is 0 Å². The van der Waals surface area contributed by atoms with E-state index >= 15 is 0 Å². The Hall–Kier alpha value is -2.63. The number of nitrogens with zero attached hydrogens (tertiary/aromatic N) is 2. The van der Waals surface area contributed by atoms with Gasteiger partial charge in [-0.05, 0) is 37.1 Å². The van der Waals surface area contributed by atoms with Crippen LogP contribution in [-0.2, 0) is 18.3 Å². The summed E-state index contributed by atoms with van der Waals surface area (Å²) in [5.41, 5.74) is 2.86. The van der Waals surface area contributed by atoms with Crippen molar-refractivity contribution in [2.75, 3.05) is 5.32 Å². The summed E-state index contributed by atoms with van der Waals surface area (Å²) < 4.78 is 1.53. The normalized spacial score (nSPS) is 10.4. The summed E-state index contributed by atoms with van der Waals surface area (Å²) in [4.78, 5) is 22.6. The van der Waals surface area contributed by atoms with Crippen LogP contribution in [0.2, 0.25) is 0 Å². The van der Waals surface area contributed by atoms with E-state index in [9.17, 15) is 9.59 Å². The summed E-state index contributed by atoms with van der Waals surface area (Å²) in [5.74, 6) is -1.05. The lowest BCUT2D eigenvalue weighted by molar-refractivity contribution is -0.136. The smallest absolute Gasteiger partial charge is 0.303 e. The van der Waals surface area contributed by atoms with Gasteiger partial charge in [-0.1, -0.05) is 12.1 Å². The highest BCUT2D eigenvalue weighted by Crippen LogP contribution is 2.13. The van der Waals surface area contributed by atoms with E-state index in [4.69, 9.17) is 5.11 Å². The van der Waals surface area contributed by atoms with Gasteiger partial charge in [-0.2, -0.15) is 5.10 Å². The van der Waals surface area contributed by atoms with Gasteiger partial charge in [0.1, 0.15) is 5.69 Å². The zero-order valence-corrected chi connectivity index (χ0v) is 12.0. The highest BCUT2D eigenvalue weighted by atomic mass is 16.4. The van der Waals surface area contributed by atoms with Gasteiger partial charge in [-0.15, -0.1) is 0 Å². The lowest BCUT2D eigenvalue weighted by Gasteiger charge is -2.06. The quantitative estimate of drug-likeness (QED) is 0.881. The topological polar surface area (TPSA) is 84.2 Å². The molecule has 1 aromatic heterocycles. The van der Waals surface area contributed by atoms with E-state index in [0.29, 0.717) is 17.8 Å². The third-order valence-electron chi connectivity index (χ3n) is 3.07. The number of hydrogen-bond acceptors (Lipinski definition) is 3. The number of carboxylic acid groups (broad SMARTS) is 1. The lowest BCUT2D eigenvalue weighted by Crippen LogP contribution is -2.16. The van der Waals surface area contributed by atoms with E-state index in [0.717, 1.165) is 11.3 Å². The highest BCUT2D eigenvalue weighted by molar-refractivity contribution is 6.03. The highest BCUT2D eigenvalue weighted by Gasteiger charge is 2.11. The van der Waals surface area contributed by atoms with Crippen LogP contribution in [0.4, 0.5) is 5.69 Å². The van der Waals surface area contributed by atoms with Crippen LogP contribution in [0.25, 0.3) is 0 Å². The van der Waals surface area contributed by atoms with E-state index in [1.54, 1.807) is 25.2 Å². The van der Waals surface area contributed by atoms with Gasteiger partial charge >= 0.3 is 5.97 Å². The molecule has 1 heterocycles. The van der Waals surface area contributed by atoms with Crippen molar-refractivity contribution in [2.24, 2.45) is 7.05 Å². The average Bonchev–Trinajstić information content (AvgIpc) is 2.77. The zero-order chi connectivity index (χ0) is 15.4. The number of amides is 1. The first-order chi connectivity index (χ1) is 9.95. The molecule has 0 aliphatic carbocycles. The number of hydrogen-bond donors (Lipinski definition) is 2. The molecule has 110 valence electrons. The number of carboxylic acids is 1. The van der Waals surface area contributed by atoms with Gasteiger partial charge in [0.15, 0.2) is 0 Å². The van der Waals surface area contributed by atoms with Crippen molar-refractivity contribution in [2.45, 2.75) is 19.8 Å². The lowest BCUT2D eigenvalue weighted by atomic mass is 10.1. The number of carbonyl (C=O) groups excluding carboxylic acids is 1. The number of aromatic nitrogens is 2. The number of aliphatic carboxylic acids is 1. The van der Waals surface area contributed by atoms with Gasteiger partial charge in [0.2, 0.25) is 0 Å². The Labute approximate surface area is 122 Å². The zero-order valence-electron chi connectivity index (χ0n) is 12.0. The second-order valence-electron chi connectivity index (χ2n) is 4.84. The summed E-state index contributed by atoms with van der Waals surface area (Å²) in [6, 6.07) is 8.87. The monoisotopic (exact) mass is 287 g/mol. The summed E-state index contributed by atoms with van der Waals surface area (Å²) in [6.07, 6.45) is 0.574. The maximum atomic E-state index is 12.1. The van der Waals surface area contributed by atoms with Gasteiger partial charge in [0.25, 0.3) is 5.91 Å². The summed E-state index contributed by atoms with van der Waals surface area (Å²) >= 11 is 0. The van der Waals surface area contributed by atoms with Gasteiger partial charge in [0.05, 0.1) is 5.69 Å². The number of nitrogens with one attached hydrogen (secondary N) is 1. The Morgan fingerprint density at radius 2 is 1.95 bits per heavy atom. The van der Waals surface area contributed by atoms with Crippen LogP contribution in [0.15, 0.2) is 30.3 Å². The SMILES string of the molecule is Cc1cc(C(=O)Nc2ccc(CCC(=O)O)cc2)n(C)n1. The van der Waals surface area contributed by atoms with Crippen molar-refractivity contribution in [3.63, 3.8) is 0 Å². The van der Waals surface area contributed by atoms with Crippen LogP contribution in [0.5, 0.6) is 0 Å². The van der Waals surface area contributed by atoms with E-state index in [2.05, 4.69) is 10.4 Å². The molecular formula is C15H17N3O3. The maximum Gasteiger partial charge on any atom is 0.303 e. The Bertz CT molecular complexity index is 659.